The van der Waals surface area contributed by atoms with E-state index < -0.39 is 43.0 Å². The number of hydrogen-bond donors (Lipinski definition) is 0. The largest absolute Gasteiger partial charge is 0.0635 e. The molecule has 0 spiro atoms. The van der Waals surface area contributed by atoms with E-state index in [4.69, 9.17) is 12.3 Å². The van der Waals surface area contributed by atoms with E-state index in [0.29, 0.717) is 0 Å². The van der Waals surface area contributed by atoms with Crippen LogP contribution in [-0.4, -0.2) is 0 Å². The van der Waals surface area contributed by atoms with Crippen LogP contribution in [0.3, 0.4) is 0 Å². The van der Waals surface area contributed by atoms with Crippen LogP contribution in [0.1, 0.15) is 23.5 Å². The summed E-state index contributed by atoms with van der Waals surface area (Å²) in [5, 5.41) is 0. The summed E-state index contributed by atoms with van der Waals surface area (Å²) in [7, 11) is 0. The molecule has 1 rings (SSSR count). The molecule has 0 aliphatic carbocycles. The monoisotopic (exact) mass is 193 g/mol. The van der Waals surface area contributed by atoms with Crippen molar-refractivity contribution in [1.29, 1.82) is 0 Å². The number of rotatable bonds is 0. The summed E-state index contributed by atoms with van der Waals surface area (Å²) in [6.07, 6.45) is 0. The van der Waals surface area contributed by atoms with E-state index in [-0.39, 0.29) is 4.47 Å². The maximum absolute atomic E-state index is 7.57. The Morgan fingerprint density at radius 1 is 1.56 bits per heavy atom. The predicted octanol–water partition coefficient (Wildman–Crippen LogP) is 3.07. The first-order valence-corrected chi connectivity index (χ1v) is 2.98. The SMILES string of the molecule is [2H]c1c([2H])c(Br)c(C([2H])([2H])[2H])c(C([2H])([2H])[2H])c1[2H]. The van der Waals surface area contributed by atoms with Gasteiger partial charge in [-0.1, -0.05) is 28.0 Å². The summed E-state index contributed by atoms with van der Waals surface area (Å²) in [5.74, 6) is 0. The maximum atomic E-state index is 7.57. The van der Waals surface area contributed by atoms with E-state index in [9.17, 15) is 0 Å². The lowest BCUT2D eigenvalue weighted by molar-refractivity contribution is 1.32. The number of benzene rings is 1. The van der Waals surface area contributed by atoms with Crippen molar-refractivity contribution in [1.82, 2.24) is 0 Å². The zero-order chi connectivity index (χ0) is 14.5. The molecular formula is C8H9Br. The number of halogens is 1. The lowest BCUT2D eigenvalue weighted by Gasteiger charge is -1.99. The molecule has 0 aliphatic rings. The Kier molecular flexibility index (Phi) is 0.462. The molecule has 0 heterocycles. The molecule has 0 saturated carbocycles. The fraction of sp³-hybridized carbons (Fsp3) is 0.250. The summed E-state index contributed by atoms with van der Waals surface area (Å²) >= 11 is 2.84. The van der Waals surface area contributed by atoms with Crippen molar-refractivity contribution in [3.05, 3.63) is 33.7 Å². The van der Waals surface area contributed by atoms with Gasteiger partial charge in [0, 0.05) is 12.7 Å². The van der Waals surface area contributed by atoms with E-state index in [0.717, 1.165) is 0 Å². The number of hydrogen-bond acceptors (Lipinski definition) is 0. The highest BCUT2D eigenvalue weighted by Crippen LogP contribution is 2.17. The molecule has 0 unspecified atom stereocenters. The fourth-order valence-corrected chi connectivity index (χ4v) is 0.681. The van der Waals surface area contributed by atoms with E-state index in [1.165, 1.54) is 0 Å². The van der Waals surface area contributed by atoms with Crippen LogP contribution < -0.4 is 0 Å². The third-order valence-corrected chi connectivity index (χ3v) is 1.42. The topological polar surface area (TPSA) is 0 Å². The van der Waals surface area contributed by atoms with Crippen molar-refractivity contribution in [2.24, 2.45) is 0 Å². The van der Waals surface area contributed by atoms with Crippen LogP contribution in [-0.2, 0) is 0 Å². The van der Waals surface area contributed by atoms with Crippen molar-refractivity contribution in [2.45, 2.75) is 13.7 Å². The molecule has 0 radical (unpaired) electrons. The maximum Gasteiger partial charge on any atom is 0.0635 e. The second kappa shape index (κ2) is 2.53. The van der Waals surface area contributed by atoms with Gasteiger partial charge >= 0.3 is 0 Å². The van der Waals surface area contributed by atoms with Crippen molar-refractivity contribution in [2.75, 3.05) is 0 Å². The fourth-order valence-electron chi connectivity index (χ4n) is 0.383. The van der Waals surface area contributed by atoms with E-state index >= 15 is 0 Å². The molecule has 0 fully saturated rings. The van der Waals surface area contributed by atoms with Gasteiger partial charge in [0.05, 0.1) is 4.11 Å². The lowest BCUT2D eigenvalue weighted by atomic mass is 10.1. The van der Waals surface area contributed by atoms with Crippen LogP contribution in [0, 0.1) is 13.7 Å². The summed E-state index contributed by atoms with van der Waals surface area (Å²) in [5.41, 5.74) is -1.29. The lowest BCUT2D eigenvalue weighted by Crippen LogP contribution is -1.79. The quantitative estimate of drug-likeness (QED) is 0.595. The Balaban J connectivity index is 3.89. The Hall–Kier alpha value is -0.300. The molecular weight excluding hydrogens is 176 g/mol. The predicted molar refractivity (Wildman–Crippen MR) is 43.6 cm³/mol. The van der Waals surface area contributed by atoms with E-state index in [2.05, 4.69) is 15.9 Å². The van der Waals surface area contributed by atoms with Gasteiger partial charge in [-0.25, -0.2) is 0 Å². The first kappa shape index (κ1) is 1.65. The molecule has 0 nitrogen and oxygen atoms in total. The molecule has 1 aromatic rings. The van der Waals surface area contributed by atoms with Crippen LogP contribution in [0.4, 0.5) is 0 Å². The molecule has 1 heteroatoms. The molecule has 0 aliphatic heterocycles. The third kappa shape index (κ3) is 1.33. The highest BCUT2D eigenvalue weighted by Gasteiger charge is 1.93. The van der Waals surface area contributed by atoms with Crippen LogP contribution in [0.15, 0.2) is 22.6 Å². The van der Waals surface area contributed by atoms with Gasteiger partial charge in [-0.05, 0) is 30.9 Å². The summed E-state index contributed by atoms with van der Waals surface area (Å²) in [4.78, 5) is 0. The zero-order valence-electron chi connectivity index (χ0n) is 13.4. The van der Waals surface area contributed by atoms with E-state index in [1.54, 1.807) is 0 Å². The molecule has 0 amide bonds. The van der Waals surface area contributed by atoms with Gasteiger partial charge in [-0.2, -0.15) is 0 Å². The van der Waals surface area contributed by atoms with Crippen LogP contribution in [0.5, 0.6) is 0 Å². The highest BCUT2D eigenvalue weighted by atomic mass is 79.9. The Morgan fingerprint density at radius 3 is 3.11 bits per heavy atom. The van der Waals surface area contributed by atoms with Crippen molar-refractivity contribution >= 4 is 15.9 Å². The standard InChI is InChI=1S/C8H9Br/c1-6-4-3-5-8(9)7(6)2/h3-5H,1-2H3/i1D3,2D3,3D,4D,5D. The van der Waals surface area contributed by atoms with Crippen LogP contribution in [0.2, 0.25) is 0 Å². The van der Waals surface area contributed by atoms with E-state index in [1.807, 2.05) is 0 Å². The van der Waals surface area contributed by atoms with Gasteiger partial charge in [-0.15, -0.1) is 0 Å². The van der Waals surface area contributed by atoms with Crippen molar-refractivity contribution < 1.29 is 12.3 Å². The first-order chi connectivity index (χ1) is 7.89. The minimum absolute atomic E-state index is 0.269. The van der Waals surface area contributed by atoms with Gasteiger partial charge in [0.25, 0.3) is 0 Å². The second-order valence-corrected chi connectivity index (χ2v) is 2.23. The molecule has 0 N–H and O–H groups in total. The molecule has 0 bridgehead atoms. The van der Waals surface area contributed by atoms with Gasteiger partial charge in [0.15, 0.2) is 0 Å². The first-order valence-electron chi connectivity index (χ1n) is 6.69. The summed E-state index contributed by atoms with van der Waals surface area (Å²) in [6.45, 7) is -5.60. The van der Waals surface area contributed by atoms with Gasteiger partial charge in [-0.3, -0.25) is 0 Å². The minimum atomic E-state index is -2.83. The summed E-state index contributed by atoms with van der Waals surface area (Å²) < 4.78 is 66.1. The molecule has 1 aromatic carbocycles. The van der Waals surface area contributed by atoms with Crippen LogP contribution >= 0.6 is 15.9 Å². The zero-order valence-corrected chi connectivity index (χ0v) is 5.96. The molecule has 48 valence electrons. The second-order valence-electron chi connectivity index (χ2n) is 1.44. The Morgan fingerprint density at radius 2 is 2.44 bits per heavy atom. The highest BCUT2D eigenvalue weighted by molar-refractivity contribution is 9.10. The molecule has 0 saturated heterocycles. The van der Waals surface area contributed by atoms with Crippen LogP contribution in [0.25, 0.3) is 0 Å². The van der Waals surface area contributed by atoms with Crippen molar-refractivity contribution in [3.63, 3.8) is 0 Å². The average Bonchev–Trinajstić information content (AvgIpc) is 2.16. The average molecular weight is 194 g/mol. The van der Waals surface area contributed by atoms with Gasteiger partial charge < -0.3 is 0 Å². The van der Waals surface area contributed by atoms with Gasteiger partial charge in [0.1, 0.15) is 0 Å². The Labute approximate surface area is 76.7 Å². The minimum Gasteiger partial charge on any atom is -0.0609 e. The summed E-state index contributed by atoms with van der Waals surface area (Å²) in [6, 6.07) is -1.85. The molecule has 9 heavy (non-hydrogen) atoms. The Bertz CT molecular complexity index is 440. The smallest absolute Gasteiger partial charge is 0.0609 e. The van der Waals surface area contributed by atoms with Crippen molar-refractivity contribution in [3.8, 4) is 0 Å². The third-order valence-electron chi connectivity index (χ3n) is 0.829. The molecule has 0 atom stereocenters. The normalized spacial score (nSPS) is 27.0. The molecule has 0 aromatic heterocycles. The van der Waals surface area contributed by atoms with Gasteiger partial charge in [0.2, 0.25) is 0 Å².